The van der Waals surface area contributed by atoms with Gasteiger partial charge in [-0.05, 0) is 32.7 Å². The highest BCUT2D eigenvalue weighted by Gasteiger charge is 2.27. The van der Waals surface area contributed by atoms with Crippen molar-refractivity contribution in [2.75, 3.05) is 19.6 Å². The van der Waals surface area contributed by atoms with Gasteiger partial charge in [0.15, 0.2) is 0 Å². The van der Waals surface area contributed by atoms with Crippen LogP contribution in [0.3, 0.4) is 0 Å². The maximum atomic E-state index is 11.4. The Kier molecular flexibility index (Phi) is 6.52. The maximum absolute atomic E-state index is 11.4. The van der Waals surface area contributed by atoms with Gasteiger partial charge in [0, 0.05) is 25.6 Å². The second-order valence-electron chi connectivity index (χ2n) is 4.78. The minimum absolute atomic E-state index is 0.114. The molecule has 1 rings (SSSR count). The van der Waals surface area contributed by atoms with Gasteiger partial charge in [-0.2, -0.15) is 0 Å². The molecule has 0 bridgehead atoms. The van der Waals surface area contributed by atoms with Crippen molar-refractivity contribution in [1.29, 1.82) is 0 Å². The average Bonchev–Trinajstić information content (AvgIpc) is 2.36. The summed E-state index contributed by atoms with van der Waals surface area (Å²) in [7, 11) is 0. The Morgan fingerprint density at radius 2 is 2.24 bits per heavy atom. The van der Waals surface area contributed by atoms with Crippen molar-refractivity contribution < 1.29 is 9.90 Å². The molecule has 1 amide bonds. The second kappa shape index (κ2) is 7.67. The lowest BCUT2D eigenvalue weighted by atomic mass is 9.96. The summed E-state index contributed by atoms with van der Waals surface area (Å²) in [6, 6.07) is 0.253. The highest BCUT2D eigenvalue weighted by atomic mass is 16.3. The molecular weight excluding hydrogens is 216 g/mol. The van der Waals surface area contributed by atoms with Gasteiger partial charge in [-0.3, -0.25) is 9.69 Å². The third-order valence-corrected chi connectivity index (χ3v) is 3.53. The predicted molar refractivity (Wildman–Crippen MR) is 68.8 cm³/mol. The quantitative estimate of drug-likeness (QED) is 0.734. The molecule has 0 aromatic rings. The van der Waals surface area contributed by atoms with E-state index in [1.165, 1.54) is 12.8 Å². The number of amides is 1. The number of likely N-dealkylation sites (tertiary alicyclic amines) is 1. The van der Waals surface area contributed by atoms with Crippen molar-refractivity contribution in [3.05, 3.63) is 0 Å². The van der Waals surface area contributed by atoms with Crippen molar-refractivity contribution in [3.8, 4) is 0 Å². The number of hydrogen-bond donors (Lipinski definition) is 2. The lowest BCUT2D eigenvalue weighted by Gasteiger charge is -2.38. The largest absolute Gasteiger partial charge is 0.392 e. The van der Waals surface area contributed by atoms with E-state index >= 15 is 0 Å². The lowest BCUT2D eigenvalue weighted by Crippen LogP contribution is -2.47. The lowest BCUT2D eigenvalue weighted by molar-refractivity contribution is -0.121. The molecule has 100 valence electrons. The van der Waals surface area contributed by atoms with Crippen LogP contribution >= 0.6 is 0 Å². The predicted octanol–water partition coefficient (Wildman–Crippen LogP) is 1.14. The number of nitrogens with zero attached hydrogens (tertiary/aromatic N) is 1. The number of hydrogen-bond acceptors (Lipinski definition) is 3. The van der Waals surface area contributed by atoms with Gasteiger partial charge in [-0.1, -0.05) is 13.3 Å². The first-order valence-electron chi connectivity index (χ1n) is 6.87. The Labute approximate surface area is 104 Å². The van der Waals surface area contributed by atoms with Crippen molar-refractivity contribution in [1.82, 2.24) is 10.2 Å². The molecule has 0 aliphatic carbocycles. The number of rotatable bonds is 6. The van der Waals surface area contributed by atoms with Crippen LogP contribution in [0.25, 0.3) is 0 Å². The average molecular weight is 242 g/mol. The van der Waals surface area contributed by atoms with E-state index in [1.54, 1.807) is 0 Å². The van der Waals surface area contributed by atoms with Gasteiger partial charge in [0.1, 0.15) is 0 Å². The molecule has 4 heteroatoms. The zero-order chi connectivity index (χ0) is 12.7. The van der Waals surface area contributed by atoms with E-state index in [4.69, 9.17) is 0 Å². The van der Waals surface area contributed by atoms with E-state index in [-0.39, 0.29) is 18.1 Å². The first kappa shape index (κ1) is 14.5. The van der Waals surface area contributed by atoms with Crippen LogP contribution in [0.4, 0.5) is 0 Å². The zero-order valence-corrected chi connectivity index (χ0v) is 11.1. The molecule has 2 atom stereocenters. The van der Waals surface area contributed by atoms with Crippen LogP contribution < -0.4 is 5.32 Å². The second-order valence-corrected chi connectivity index (χ2v) is 4.78. The number of aliphatic hydroxyl groups is 1. The normalized spacial score (nSPS) is 23.4. The fourth-order valence-electron chi connectivity index (χ4n) is 2.53. The highest BCUT2D eigenvalue weighted by molar-refractivity contribution is 5.75. The molecule has 1 aliphatic rings. The molecule has 2 N–H and O–H groups in total. The molecule has 0 radical (unpaired) electrons. The highest BCUT2D eigenvalue weighted by Crippen LogP contribution is 2.21. The maximum Gasteiger partial charge on any atom is 0.221 e. The van der Waals surface area contributed by atoms with Crippen LogP contribution in [0.5, 0.6) is 0 Å². The molecular formula is C13H26N2O2. The van der Waals surface area contributed by atoms with E-state index in [9.17, 15) is 9.90 Å². The molecule has 4 nitrogen and oxygen atoms in total. The van der Waals surface area contributed by atoms with Crippen molar-refractivity contribution in [2.45, 2.75) is 58.1 Å². The SMILES string of the molecule is CCNC(=O)CCN1CCCCC1C(O)CC. The standard InChI is InChI=1S/C13H26N2O2/c1-3-12(16)11-7-5-6-9-15(11)10-8-13(17)14-4-2/h11-12,16H,3-10H2,1-2H3,(H,14,17). The van der Waals surface area contributed by atoms with Crippen LogP contribution in [0.2, 0.25) is 0 Å². The summed E-state index contributed by atoms with van der Waals surface area (Å²) in [4.78, 5) is 13.7. The van der Waals surface area contributed by atoms with Gasteiger partial charge in [-0.15, -0.1) is 0 Å². The minimum Gasteiger partial charge on any atom is -0.392 e. The van der Waals surface area contributed by atoms with E-state index in [1.807, 2.05) is 13.8 Å². The Morgan fingerprint density at radius 1 is 1.47 bits per heavy atom. The summed E-state index contributed by atoms with van der Waals surface area (Å²) in [5.74, 6) is 0.114. The van der Waals surface area contributed by atoms with E-state index in [0.717, 1.165) is 25.9 Å². The first-order valence-corrected chi connectivity index (χ1v) is 6.87. The summed E-state index contributed by atoms with van der Waals surface area (Å²) in [5.41, 5.74) is 0. The molecule has 0 saturated carbocycles. The van der Waals surface area contributed by atoms with Gasteiger partial charge < -0.3 is 10.4 Å². The number of carbonyl (C=O) groups is 1. The molecule has 2 unspecified atom stereocenters. The van der Waals surface area contributed by atoms with Crippen LogP contribution in [-0.4, -0.2) is 47.7 Å². The Hall–Kier alpha value is -0.610. The van der Waals surface area contributed by atoms with Crippen LogP contribution in [0, 0.1) is 0 Å². The van der Waals surface area contributed by atoms with Gasteiger partial charge in [0.05, 0.1) is 6.10 Å². The molecule has 1 aliphatic heterocycles. The smallest absolute Gasteiger partial charge is 0.221 e. The summed E-state index contributed by atoms with van der Waals surface area (Å²) < 4.78 is 0. The molecule has 17 heavy (non-hydrogen) atoms. The summed E-state index contributed by atoms with van der Waals surface area (Å²) in [5, 5.41) is 12.8. The van der Waals surface area contributed by atoms with Crippen LogP contribution in [-0.2, 0) is 4.79 Å². The zero-order valence-electron chi connectivity index (χ0n) is 11.1. The van der Waals surface area contributed by atoms with Crippen LogP contribution in [0.15, 0.2) is 0 Å². The molecule has 0 aromatic carbocycles. The molecule has 1 heterocycles. The summed E-state index contributed by atoms with van der Waals surface area (Å²) in [6.45, 7) is 6.43. The Balaban J connectivity index is 2.40. The first-order chi connectivity index (χ1) is 8.19. The Bertz CT molecular complexity index is 233. The van der Waals surface area contributed by atoms with E-state index < -0.39 is 0 Å². The van der Waals surface area contributed by atoms with Gasteiger partial charge in [0.25, 0.3) is 0 Å². The van der Waals surface area contributed by atoms with Crippen molar-refractivity contribution in [2.24, 2.45) is 0 Å². The topological polar surface area (TPSA) is 52.6 Å². The van der Waals surface area contributed by atoms with Crippen molar-refractivity contribution >= 4 is 5.91 Å². The monoisotopic (exact) mass is 242 g/mol. The third kappa shape index (κ3) is 4.64. The van der Waals surface area contributed by atoms with Crippen LogP contribution in [0.1, 0.15) is 46.0 Å². The fraction of sp³-hybridized carbons (Fsp3) is 0.923. The molecule has 0 spiro atoms. The van der Waals surface area contributed by atoms with Gasteiger partial charge in [0.2, 0.25) is 5.91 Å². The number of aliphatic hydroxyl groups excluding tert-OH is 1. The van der Waals surface area contributed by atoms with E-state index in [0.29, 0.717) is 13.0 Å². The Morgan fingerprint density at radius 3 is 2.88 bits per heavy atom. The molecule has 1 saturated heterocycles. The van der Waals surface area contributed by atoms with Gasteiger partial charge >= 0.3 is 0 Å². The summed E-state index contributed by atoms with van der Waals surface area (Å²) >= 11 is 0. The number of carbonyl (C=O) groups excluding carboxylic acids is 1. The van der Waals surface area contributed by atoms with Crippen molar-refractivity contribution in [3.63, 3.8) is 0 Å². The molecule has 1 fully saturated rings. The third-order valence-electron chi connectivity index (χ3n) is 3.53. The number of nitrogens with one attached hydrogen (secondary N) is 1. The molecule has 0 aromatic heterocycles. The minimum atomic E-state index is -0.246. The number of piperidine rings is 1. The van der Waals surface area contributed by atoms with E-state index in [2.05, 4.69) is 10.2 Å². The fourth-order valence-corrected chi connectivity index (χ4v) is 2.53. The summed E-state index contributed by atoms with van der Waals surface area (Å²) in [6.07, 6.45) is 4.53. The van der Waals surface area contributed by atoms with Gasteiger partial charge in [-0.25, -0.2) is 0 Å².